The molecule has 98 valence electrons. The van der Waals surface area contributed by atoms with Crippen LogP contribution >= 0.6 is 35.6 Å². The first-order valence-corrected chi connectivity index (χ1v) is 5.76. The lowest BCUT2D eigenvalue weighted by molar-refractivity contribution is 0.824. The third-order valence-corrected chi connectivity index (χ3v) is 2.41. The smallest absolute Gasteiger partial charge is 0.191 e. The molecule has 0 aliphatic heterocycles. The second-order valence-corrected chi connectivity index (χ2v) is 3.87. The third-order valence-electron chi connectivity index (χ3n) is 2.18. The van der Waals surface area contributed by atoms with Crippen LogP contribution in [0.25, 0.3) is 0 Å². The molecule has 0 atom stereocenters. The molecule has 0 aliphatic rings. The van der Waals surface area contributed by atoms with Crippen LogP contribution in [0.15, 0.2) is 29.3 Å². The average Bonchev–Trinajstić information content (AvgIpc) is 2.33. The molecule has 1 aromatic carbocycles. The molecule has 0 saturated heterocycles. The zero-order valence-corrected chi connectivity index (χ0v) is 13.3. The van der Waals surface area contributed by atoms with E-state index in [2.05, 4.69) is 21.5 Å². The van der Waals surface area contributed by atoms with Crippen molar-refractivity contribution in [2.24, 2.45) is 4.99 Å². The lowest BCUT2D eigenvalue weighted by Crippen LogP contribution is -2.38. The highest BCUT2D eigenvalue weighted by Crippen LogP contribution is 2.10. The molecule has 0 heterocycles. The number of terminal acetylenes is 1. The van der Waals surface area contributed by atoms with Crippen molar-refractivity contribution >= 4 is 41.5 Å². The molecular formula is C13H17ClIN3. The van der Waals surface area contributed by atoms with Gasteiger partial charge in [-0.05, 0) is 24.1 Å². The molecule has 0 saturated carbocycles. The van der Waals surface area contributed by atoms with E-state index in [0.29, 0.717) is 12.5 Å². The van der Waals surface area contributed by atoms with Crippen LogP contribution in [-0.4, -0.2) is 26.1 Å². The quantitative estimate of drug-likeness (QED) is 0.366. The molecule has 0 amide bonds. The first kappa shape index (κ1) is 17.1. The van der Waals surface area contributed by atoms with Crippen molar-refractivity contribution in [1.29, 1.82) is 0 Å². The summed E-state index contributed by atoms with van der Waals surface area (Å²) in [6.07, 6.45) is 6.04. The zero-order chi connectivity index (χ0) is 12.5. The minimum absolute atomic E-state index is 0. The maximum Gasteiger partial charge on any atom is 0.191 e. The van der Waals surface area contributed by atoms with Gasteiger partial charge in [0.25, 0.3) is 0 Å². The largest absolute Gasteiger partial charge is 0.356 e. The van der Waals surface area contributed by atoms with Gasteiger partial charge in [-0.1, -0.05) is 29.7 Å². The molecule has 0 radical (unpaired) electrons. The van der Waals surface area contributed by atoms with Crippen molar-refractivity contribution in [1.82, 2.24) is 10.6 Å². The Balaban J connectivity index is 0.00000289. The van der Waals surface area contributed by atoms with Gasteiger partial charge in [-0.15, -0.1) is 30.4 Å². The zero-order valence-electron chi connectivity index (χ0n) is 10.2. The van der Waals surface area contributed by atoms with Gasteiger partial charge >= 0.3 is 0 Å². The van der Waals surface area contributed by atoms with Crippen molar-refractivity contribution in [3.63, 3.8) is 0 Å². The third kappa shape index (κ3) is 6.72. The van der Waals surface area contributed by atoms with Gasteiger partial charge in [0.05, 0.1) is 6.54 Å². The van der Waals surface area contributed by atoms with Crippen LogP contribution in [0.1, 0.15) is 5.56 Å². The predicted octanol–water partition coefficient (Wildman–Crippen LogP) is 2.30. The summed E-state index contributed by atoms with van der Waals surface area (Å²) in [5.74, 6) is 3.21. The summed E-state index contributed by atoms with van der Waals surface area (Å²) < 4.78 is 0. The highest BCUT2D eigenvalue weighted by atomic mass is 127. The van der Waals surface area contributed by atoms with Crippen molar-refractivity contribution in [3.8, 4) is 12.3 Å². The summed E-state index contributed by atoms with van der Waals surface area (Å²) in [4.78, 5) is 4.05. The highest BCUT2D eigenvalue weighted by molar-refractivity contribution is 14.0. The molecular weight excluding hydrogens is 361 g/mol. The summed E-state index contributed by atoms with van der Waals surface area (Å²) in [7, 11) is 1.71. The normalized spacial score (nSPS) is 10.2. The number of guanidine groups is 1. The molecule has 1 rings (SSSR count). The van der Waals surface area contributed by atoms with Crippen molar-refractivity contribution in [2.75, 3.05) is 20.1 Å². The number of nitrogens with one attached hydrogen (secondary N) is 2. The lowest BCUT2D eigenvalue weighted by Gasteiger charge is -2.09. The van der Waals surface area contributed by atoms with Gasteiger partial charge in [-0.25, -0.2) is 0 Å². The van der Waals surface area contributed by atoms with E-state index in [4.69, 9.17) is 18.0 Å². The van der Waals surface area contributed by atoms with E-state index in [1.165, 1.54) is 5.56 Å². The minimum Gasteiger partial charge on any atom is -0.356 e. The van der Waals surface area contributed by atoms with Crippen molar-refractivity contribution < 1.29 is 0 Å². The van der Waals surface area contributed by atoms with Crippen LogP contribution in [-0.2, 0) is 6.42 Å². The Hall–Kier alpha value is -0.930. The fraction of sp³-hybridized carbons (Fsp3) is 0.308. The molecule has 0 fully saturated rings. The lowest BCUT2D eigenvalue weighted by atomic mass is 10.1. The van der Waals surface area contributed by atoms with Crippen LogP contribution in [0.4, 0.5) is 0 Å². The van der Waals surface area contributed by atoms with Gasteiger partial charge in [0.15, 0.2) is 5.96 Å². The van der Waals surface area contributed by atoms with Crippen molar-refractivity contribution in [2.45, 2.75) is 6.42 Å². The van der Waals surface area contributed by atoms with E-state index in [0.717, 1.165) is 18.0 Å². The van der Waals surface area contributed by atoms with E-state index < -0.39 is 0 Å². The number of aliphatic imine (C=N–C) groups is 1. The number of hydrogen-bond donors (Lipinski definition) is 2. The molecule has 0 aliphatic carbocycles. The standard InChI is InChI=1S/C13H16ClN3.HI/c1-3-8-16-13(15-2)17-9-7-11-5-4-6-12(14)10-11;/h1,4-6,10H,7-9H2,2H3,(H2,15,16,17);1H. The van der Waals surface area contributed by atoms with E-state index >= 15 is 0 Å². The average molecular weight is 378 g/mol. The van der Waals surface area contributed by atoms with Gasteiger partial charge < -0.3 is 10.6 Å². The van der Waals surface area contributed by atoms with Crippen LogP contribution in [0.2, 0.25) is 5.02 Å². The molecule has 2 N–H and O–H groups in total. The summed E-state index contributed by atoms with van der Waals surface area (Å²) in [5.41, 5.74) is 1.19. The molecule has 3 nitrogen and oxygen atoms in total. The van der Waals surface area contributed by atoms with Gasteiger partial charge in [-0.3, -0.25) is 4.99 Å². The van der Waals surface area contributed by atoms with E-state index in [1.54, 1.807) is 7.05 Å². The Kier molecular flexibility index (Phi) is 9.52. The Morgan fingerprint density at radius 2 is 2.22 bits per heavy atom. The van der Waals surface area contributed by atoms with Crippen molar-refractivity contribution in [3.05, 3.63) is 34.9 Å². The van der Waals surface area contributed by atoms with Crippen LogP contribution < -0.4 is 10.6 Å². The summed E-state index contributed by atoms with van der Waals surface area (Å²) in [6, 6.07) is 7.82. The van der Waals surface area contributed by atoms with E-state index in [1.807, 2.05) is 24.3 Å². The molecule has 0 spiro atoms. The number of nitrogens with zero attached hydrogens (tertiary/aromatic N) is 1. The van der Waals surface area contributed by atoms with E-state index in [9.17, 15) is 0 Å². The molecule has 0 unspecified atom stereocenters. The Labute approximate surface area is 130 Å². The predicted molar refractivity (Wildman–Crippen MR) is 88.8 cm³/mol. The first-order valence-electron chi connectivity index (χ1n) is 5.38. The van der Waals surface area contributed by atoms with Crippen LogP contribution in [0.3, 0.4) is 0 Å². The molecule has 1 aromatic rings. The fourth-order valence-electron chi connectivity index (χ4n) is 1.37. The summed E-state index contributed by atoms with van der Waals surface area (Å²) >= 11 is 5.90. The first-order chi connectivity index (χ1) is 8.26. The topological polar surface area (TPSA) is 36.4 Å². The van der Waals surface area contributed by atoms with Gasteiger partial charge in [0.2, 0.25) is 0 Å². The molecule has 0 bridgehead atoms. The number of hydrogen-bond acceptors (Lipinski definition) is 1. The second kappa shape index (κ2) is 10.0. The SMILES string of the molecule is C#CCNC(=NC)NCCc1cccc(Cl)c1.I. The van der Waals surface area contributed by atoms with Gasteiger partial charge in [0, 0.05) is 18.6 Å². The Morgan fingerprint density at radius 1 is 1.44 bits per heavy atom. The number of halogens is 2. The van der Waals surface area contributed by atoms with Crippen LogP contribution in [0, 0.1) is 12.3 Å². The monoisotopic (exact) mass is 377 g/mol. The van der Waals surface area contributed by atoms with Crippen LogP contribution in [0.5, 0.6) is 0 Å². The Bertz CT molecular complexity index is 426. The maximum atomic E-state index is 5.90. The number of rotatable bonds is 4. The van der Waals surface area contributed by atoms with Gasteiger partial charge in [0.1, 0.15) is 0 Å². The molecule has 0 aromatic heterocycles. The maximum absolute atomic E-state index is 5.90. The number of benzene rings is 1. The highest BCUT2D eigenvalue weighted by Gasteiger charge is 1.97. The minimum atomic E-state index is 0. The fourth-order valence-corrected chi connectivity index (χ4v) is 1.59. The molecule has 5 heteroatoms. The van der Waals surface area contributed by atoms with Gasteiger partial charge in [-0.2, -0.15) is 0 Å². The molecule has 18 heavy (non-hydrogen) atoms. The second-order valence-electron chi connectivity index (χ2n) is 3.44. The Morgan fingerprint density at radius 3 is 2.83 bits per heavy atom. The van der Waals surface area contributed by atoms with E-state index in [-0.39, 0.29) is 24.0 Å². The summed E-state index contributed by atoms with van der Waals surface area (Å²) in [5, 5.41) is 6.93. The summed E-state index contributed by atoms with van der Waals surface area (Å²) in [6.45, 7) is 1.25.